The molecule has 4 nitrogen and oxygen atoms in total. The first-order valence-electron chi connectivity index (χ1n) is 25.2. The maximum absolute atomic E-state index is 12.5. The van der Waals surface area contributed by atoms with Crippen LogP contribution in [0, 0.1) is 0 Å². The summed E-state index contributed by atoms with van der Waals surface area (Å²) in [4.78, 5) is 12.5. The summed E-state index contributed by atoms with van der Waals surface area (Å²) in [6.45, 7) is 4.40. The van der Waals surface area contributed by atoms with Gasteiger partial charge in [0.05, 0.1) is 18.8 Å². The second kappa shape index (κ2) is 46.8. The van der Waals surface area contributed by atoms with Crippen LogP contribution < -0.4 is 5.32 Å². The zero-order chi connectivity index (χ0) is 39.3. The maximum atomic E-state index is 12.5. The molecule has 1 amide bonds. The number of aliphatic hydroxyl groups excluding tert-OH is 2. The van der Waals surface area contributed by atoms with Gasteiger partial charge in [-0.25, -0.2) is 0 Å². The summed E-state index contributed by atoms with van der Waals surface area (Å²) in [5, 5.41) is 23.3. The van der Waals surface area contributed by atoms with Gasteiger partial charge in [0.25, 0.3) is 0 Å². The Kier molecular flexibility index (Phi) is 46.2. The van der Waals surface area contributed by atoms with Crippen molar-refractivity contribution in [2.75, 3.05) is 6.61 Å². The third-order valence-corrected chi connectivity index (χ3v) is 12.1. The van der Waals surface area contributed by atoms with Gasteiger partial charge in [0.15, 0.2) is 0 Å². The number of aliphatic hydroxyl groups is 2. The van der Waals surface area contributed by atoms with Crippen LogP contribution in [0.3, 0.4) is 0 Å². The van der Waals surface area contributed by atoms with E-state index >= 15 is 0 Å². The van der Waals surface area contributed by atoms with E-state index in [1.165, 1.54) is 244 Å². The van der Waals surface area contributed by atoms with Crippen molar-refractivity contribution in [1.29, 1.82) is 0 Å². The van der Waals surface area contributed by atoms with Crippen LogP contribution in [0.1, 0.15) is 296 Å². The van der Waals surface area contributed by atoms with Crippen molar-refractivity contribution >= 4 is 5.91 Å². The van der Waals surface area contributed by atoms with Crippen LogP contribution in [0.2, 0.25) is 0 Å². The Morgan fingerprint density at radius 3 is 0.833 bits per heavy atom. The highest BCUT2D eigenvalue weighted by Crippen LogP contribution is 2.18. The predicted molar refractivity (Wildman–Crippen MR) is 240 cm³/mol. The minimum Gasteiger partial charge on any atom is -0.394 e. The van der Waals surface area contributed by atoms with E-state index in [9.17, 15) is 15.0 Å². The number of hydrogen-bond acceptors (Lipinski definition) is 3. The number of carbonyl (C=O) groups excluding carboxylic acids is 1. The second-order valence-corrected chi connectivity index (χ2v) is 17.6. The lowest BCUT2D eigenvalue weighted by Gasteiger charge is -2.22. The van der Waals surface area contributed by atoms with E-state index in [4.69, 9.17) is 0 Å². The van der Waals surface area contributed by atoms with E-state index < -0.39 is 12.1 Å². The van der Waals surface area contributed by atoms with Gasteiger partial charge in [-0.2, -0.15) is 0 Å². The van der Waals surface area contributed by atoms with Gasteiger partial charge in [-0.05, 0) is 12.8 Å². The molecule has 0 rings (SSSR count). The lowest BCUT2D eigenvalue weighted by atomic mass is 10.0. The molecule has 2 atom stereocenters. The highest BCUT2D eigenvalue weighted by molar-refractivity contribution is 5.76. The molecule has 4 heteroatoms. The Bertz CT molecular complexity index is 699. The largest absolute Gasteiger partial charge is 0.394 e. The smallest absolute Gasteiger partial charge is 0.220 e. The van der Waals surface area contributed by atoms with E-state index in [2.05, 4.69) is 19.2 Å². The highest BCUT2D eigenvalue weighted by atomic mass is 16.3. The number of carbonyl (C=O) groups is 1. The zero-order valence-electron chi connectivity index (χ0n) is 37.3. The third-order valence-electron chi connectivity index (χ3n) is 12.1. The quantitative estimate of drug-likeness (QED) is 0.0541. The van der Waals surface area contributed by atoms with Crippen LogP contribution in [0.5, 0.6) is 0 Å². The standard InChI is InChI=1S/C50H101NO3/c1-3-5-7-9-11-13-15-17-19-21-23-24-25-26-28-30-32-34-36-38-40-42-44-46-50(54)51-48(47-52)49(53)45-43-41-39-37-35-33-31-29-27-22-20-18-16-14-12-10-8-6-4-2/h48-49,52-53H,3-47H2,1-2H3,(H,51,54). The predicted octanol–water partition coefficient (Wildman–Crippen LogP) is 16.0. The van der Waals surface area contributed by atoms with Crippen LogP contribution in [-0.4, -0.2) is 34.9 Å². The van der Waals surface area contributed by atoms with E-state index in [0.29, 0.717) is 12.8 Å². The molecule has 3 N–H and O–H groups in total. The van der Waals surface area contributed by atoms with Crippen LogP contribution in [0.4, 0.5) is 0 Å². The number of unbranched alkanes of at least 4 members (excludes halogenated alkanes) is 40. The highest BCUT2D eigenvalue weighted by Gasteiger charge is 2.20. The van der Waals surface area contributed by atoms with Gasteiger partial charge in [-0.1, -0.05) is 277 Å². The Balaban J connectivity index is 3.43. The third kappa shape index (κ3) is 42.5. The van der Waals surface area contributed by atoms with Crippen molar-refractivity contribution in [1.82, 2.24) is 5.32 Å². The molecular weight excluding hydrogens is 663 g/mol. The van der Waals surface area contributed by atoms with E-state index in [1.807, 2.05) is 0 Å². The van der Waals surface area contributed by atoms with Crippen LogP contribution in [0.15, 0.2) is 0 Å². The summed E-state index contributed by atoms with van der Waals surface area (Å²) in [5.74, 6) is -0.0234. The average molecular weight is 764 g/mol. The normalized spacial score (nSPS) is 12.7. The minimum absolute atomic E-state index is 0.0234. The van der Waals surface area contributed by atoms with Gasteiger partial charge in [-0.3, -0.25) is 4.79 Å². The molecule has 0 aliphatic rings. The minimum atomic E-state index is -0.654. The van der Waals surface area contributed by atoms with Crippen molar-refractivity contribution in [2.24, 2.45) is 0 Å². The molecule has 324 valence electrons. The van der Waals surface area contributed by atoms with Crippen molar-refractivity contribution in [3.63, 3.8) is 0 Å². The first-order chi connectivity index (χ1) is 26.7. The fourth-order valence-corrected chi connectivity index (χ4v) is 8.25. The fourth-order valence-electron chi connectivity index (χ4n) is 8.25. The molecule has 0 radical (unpaired) electrons. The van der Waals surface area contributed by atoms with Crippen LogP contribution in [0.25, 0.3) is 0 Å². The summed E-state index contributed by atoms with van der Waals surface area (Å²) in [6.07, 6.45) is 57.8. The van der Waals surface area contributed by atoms with Gasteiger partial charge < -0.3 is 15.5 Å². The molecular formula is C50H101NO3. The molecule has 0 aromatic carbocycles. The molecule has 0 saturated heterocycles. The molecule has 2 unspecified atom stereocenters. The molecule has 0 aliphatic carbocycles. The first-order valence-corrected chi connectivity index (χ1v) is 25.2. The SMILES string of the molecule is CCCCCCCCCCCCCCCCCCCCCCCCCC(=O)NC(CO)C(O)CCCCCCCCCCCCCCCCCCCCC. The number of hydrogen-bond donors (Lipinski definition) is 3. The number of amides is 1. The van der Waals surface area contributed by atoms with Gasteiger partial charge in [0.1, 0.15) is 0 Å². The Hall–Kier alpha value is -0.610. The monoisotopic (exact) mass is 764 g/mol. The van der Waals surface area contributed by atoms with E-state index in [1.54, 1.807) is 0 Å². The molecule has 0 aromatic heterocycles. The molecule has 54 heavy (non-hydrogen) atoms. The number of rotatable bonds is 47. The molecule has 0 heterocycles. The Labute approximate surface area is 340 Å². The van der Waals surface area contributed by atoms with Gasteiger partial charge in [0.2, 0.25) is 5.91 Å². The summed E-state index contributed by atoms with van der Waals surface area (Å²) >= 11 is 0. The van der Waals surface area contributed by atoms with Crippen molar-refractivity contribution in [2.45, 2.75) is 309 Å². The molecule has 0 fully saturated rings. The summed E-state index contributed by atoms with van der Waals surface area (Å²) in [6, 6.07) is -0.530. The Morgan fingerprint density at radius 2 is 0.593 bits per heavy atom. The lowest BCUT2D eigenvalue weighted by Crippen LogP contribution is -2.45. The molecule has 0 saturated carbocycles. The summed E-state index contributed by atoms with van der Waals surface area (Å²) < 4.78 is 0. The van der Waals surface area contributed by atoms with E-state index in [0.717, 1.165) is 25.7 Å². The Morgan fingerprint density at radius 1 is 0.370 bits per heavy atom. The van der Waals surface area contributed by atoms with Crippen LogP contribution >= 0.6 is 0 Å². The van der Waals surface area contributed by atoms with Gasteiger partial charge in [-0.15, -0.1) is 0 Å². The molecule has 0 bridgehead atoms. The van der Waals surface area contributed by atoms with Gasteiger partial charge in [0, 0.05) is 6.42 Å². The maximum Gasteiger partial charge on any atom is 0.220 e. The molecule has 0 aliphatic heterocycles. The zero-order valence-corrected chi connectivity index (χ0v) is 37.3. The van der Waals surface area contributed by atoms with Crippen molar-refractivity contribution in [3.05, 3.63) is 0 Å². The first kappa shape index (κ1) is 53.4. The van der Waals surface area contributed by atoms with Gasteiger partial charge >= 0.3 is 0 Å². The van der Waals surface area contributed by atoms with E-state index in [-0.39, 0.29) is 12.5 Å². The van der Waals surface area contributed by atoms with Crippen molar-refractivity contribution in [3.8, 4) is 0 Å². The summed E-state index contributed by atoms with van der Waals surface area (Å²) in [7, 11) is 0. The van der Waals surface area contributed by atoms with Crippen LogP contribution in [-0.2, 0) is 4.79 Å². The summed E-state index contributed by atoms with van der Waals surface area (Å²) in [5.41, 5.74) is 0. The lowest BCUT2D eigenvalue weighted by molar-refractivity contribution is -0.123. The molecule has 0 aromatic rings. The second-order valence-electron chi connectivity index (χ2n) is 17.6. The van der Waals surface area contributed by atoms with Crippen molar-refractivity contribution < 1.29 is 15.0 Å². The average Bonchev–Trinajstić information content (AvgIpc) is 3.18. The topological polar surface area (TPSA) is 69.6 Å². The fraction of sp³-hybridized carbons (Fsp3) is 0.980. The molecule has 0 spiro atoms. The number of nitrogens with one attached hydrogen (secondary N) is 1.